The highest BCUT2D eigenvalue weighted by atomic mass is 19.1. The van der Waals surface area contributed by atoms with E-state index in [4.69, 9.17) is 0 Å². The molecule has 1 aliphatic rings. The summed E-state index contributed by atoms with van der Waals surface area (Å²) in [6, 6.07) is 4.12. The lowest BCUT2D eigenvalue weighted by Gasteiger charge is -2.26. The number of rotatable bonds is 3. The lowest BCUT2D eigenvalue weighted by molar-refractivity contribution is 0.276. The van der Waals surface area contributed by atoms with E-state index >= 15 is 0 Å². The molecule has 0 heterocycles. The Kier molecular flexibility index (Phi) is 4.14. The number of hydrogen-bond donors (Lipinski definition) is 0. The van der Waals surface area contributed by atoms with E-state index in [1.807, 2.05) is 0 Å². The van der Waals surface area contributed by atoms with Gasteiger partial charge >= 0.3 is 0 Å². The van der Waals surface area contributed by atoms with E-state index in [2.05, 4.69) is 6.92 Å². The Bertz CT molecular complexity index is 345. The third kappa shape index (κ3) is 3.27. The van der Waals surface area contributed by atoms with Gasteiger partial charge in [-0.3, -0.25) is 0 Å². The average Bonchev–Trinajstić information content (AvgIpc) is 2.31. The zero-order valence-electron chi connectivity index (χ0n) is 10.4. The van der Waals surface area contributed by atoms with Gasteiger partial charge in [-0.05, 0) is 36.8 Å². The highest BCUT2D eigenvalue weighted by Gasteiger charge is 2.19. The van der Waals surface area contributed by atoms with Gasteiger partial charge < -0.3 is 0 Å². The Labute approximate surface area is 102 Å². The van der Waals surface area contributed by atoms with Crippen molar-refractivity contribution in [3.05, 3.63) is 35.4 Å². The van der Waals surface area contributed by atoms with Crippen LogP contribution in [-0.2, 0) is 6.42 Å². The predicted octanol–water partition coefficient (Wildman–Crippen LogP) is 4.72. The molecule has 0 atom stereocenters. The molecule has 1 saturated carbocycles. The first-order chi connectivity index (χ1) is 8.16. The second-order valence-electron chi connectivity index (χ2n) is 5.36. The molecule has 1 aromatic carbocycles. The molecule has 0 spiro atoms. The molecule has 1 fully saturated rings. The van der Waals surface area contributed by atoms with Gasteiger partial charge in [-0.25, -0.2) is 8.78 Å². The molecular weight excluding hydrogens is 218 g/mol. The summed E-state index contributed by atoms with van der Waals surface area (Å²) in [6.07, 6.45) is 6.44. The molecule has 0 unspecified atom stereocenters. The van der Waals surface area contributed by atoms with Crippen LogP contribution in [0.3, 0.4) is 0 Å². The Morgan fingerprint density at radius 2 is 1.65 bits per heavy atom. The maximum Gasteiger partial charge on any atom is 0.129 e. The van der Waals surface area contributed by atoms with Crippen LogP contribution in [0.4, 0.5) is 8.78 Å². The van der Waals surface area contributed by atoms with Gasteiger partial charge in [-0.2, -0.15) is 0 Å². The largest absolute Gasteiger partial charge is 0.207 e. The van der Waals surface area contributed by atoms with Crippen molar-refractivity contribution in [2.24, 2.45) is 11.8 Å². The van der Waals surface area contributed by atoms with Crippen molar-refractivity contribution in [3.8, 4) is 0 Å². The van der Waals surface area contributed by atoms with Crippen molar-refractivity contribution >= 4 is 0 Å². The quantitative estimate of drug-likeness (QED) is 0.714. The van der Waals surface area contributed by atoms with Crippen LogP contribution in [0.2, 0.25) is 0 Å². The van der Waals surface area contributed by atoms with Crippen molar-refractivity contribution in [1.82, 2.24) is 0 Å². The van der Waals surface area contributed by atoms with E-state index in [1.165, 1.54) is 43.9 Å². The summed E-state index contributed by atoms with van der Waals surface area (Å²) in [5.74, 6) is 0.699. The van der Waals surface area contributed by atoms with E-state index in [0.717, 1.165) is 12.3 Å². The second-order valence-corrected chi connectivity index (χ2v) is 5.36. The lowest BCUT2D eigenvalue weighted by Crippen LogP contribution is -2.13. The molecule has 0 nitrogen and oxygen atoms in total. The fraction of sp³-hybridized carbons (Fsp3) is 0.600. The second kappa shape index (κ2) is 5.61. The lowest BCUT2D eigenvalue weighted by atomic mass is 9.80. The number of benzene rings is 1. The molecule has 0 amide bonds. The van der Waals surface area contributed by atoms with Crippen molar-refractivity contribution in [2.75, 3.05) is 0 Å². The van der Waals surface area contributed by atoms with Gasteiger partial charge in [0.05, 0.1) is 0 Å². The Morgan fingerprint density at radius 3 is 2.24 bits per heavy atom. The maximum absolute atomic E-state index is 13.4. The SMILES string of the molecule is CC1CCC(CCc2c(F)cccc2F)CC1. The van der Waals surface area contributed by atoms with Gasteiger partial charge in [0, 0.05) is 5.56 Å². The van der Waals surface area contributed by atoms with Gasteiger partial charge in [0.1, 0.15) is 11.6 Å². The van der Waals surface area contributed by atoms with Crippen LogP contribution in [0.5, 0.6) is 0 Å². The monoisotopic (exact) mass is 238 g/mol. The van der Waals surface area contributed by atoms with Gasteiger partial charge in [-0.15, -0.1) is 0 Å². The van der Waals surface area contributed by atoms with E-state index in [1.54, 1.807) is 0 Å². The molecule has 1 aliphatic carbocycles. The average molecular weight is 238 g/mol. The minimum Gasteiger partial charge on any atom is -0.207 e. The molecule has 0 aliphatic heterocycles. The summed E-state index contributed by atoms with van der Waals surface area (Å²) in [5, 5.41) is 0. The molecule has 0 aromatic heterocycles. The molecule has 0 radical (unpaired) electrons. The van der Waals surface area contributed by atoms with E-state index in [0.29, 0.717) is 12.3 Å². The zero-order chi connectivity index (χ0) is 12.3. The van der Waals surface area contributed by atoms with Crippen molar-refractivity contribution in [3.63, 3.8) is 0 Å². The first-order valence-electron chi connectivity index (χ1n) is 6.59. The van der Waals surface area contributed by atoms with E-state index < -0.39 is 11.6 Å². The molecular formula is C15H20F2. The molecule has 0 saturated heterocycles. The van der Waals surface area contributed by atoms with Crippen LogP contribution in [0, 0.1) is 23.5 Å². The smallest absolute Gasteiger partial charge is 0.129 e. The summed E-state index contributed by atoms with van der Waals surface area (Å²) in [4.78, 5) is 0. The summed E-state index contributed by atoms with van der Waals surface area (Å²) in [6.45, 7) is 2.28. The summed E-state index contributed by atoms with van der Waals surface area (Å²) < 4.78 is 26.9. The predicted molar refractivity (Wildman–Crippen MR) is 65.8 cm³/mol. The topological polar surface area (TPSA) is 0 Å². The standard InChI is InChI=1S/C15H20F2/c1-11-5-7-12(8-6-11)9-10-13-14(16)3-2-4-15(13)17/h2-4,11-12H,5-10H2,1H3. The van der Waals surface area contributed by atoms with E-state index in [9.17, 15) is 8.78 Å². The highest BCUT2D eigenvalue weighted by Crippen LogP contribution is 2.31. The molecule has 17 heavy (non-hydrogen) atoms. The van der Waals surface area contributed by atoms with Crippen molar-refractivity contribution in [2.45, 2.75) is 45.4 Å². The van der Waals surface area contributed by atoms with Gasteiger partial charge in [0.15, 0.2) is 0 Å². The van der Waals surface area contributed by atoms with Crippen LogP contribution in [0.1, 0.15) is 44.6 Å². The normalized spacial score (nSPS) is 24.9. The van der Waals surface area contributed by atoms with Gasteiger partial charge in [-0.1, -0.05) is 38.7 Å². The van der Waals surface area contributed by atoms with Gasteiger partial charge in [0.25, 0.3) is 0 Å². The fourth-order valence-corrected chi connectivity index (χ4v) is 2.74. The molecule has 2 heteroatoms. The maximum atomic E-state index is 13.4. The molecule has 0 bridgehead atoms. The first kappa shape index (κ1) is 12.5. The number of halogens is 2. The van der Waals surface area contributed by atoms with Crippen LogP contribution in [-0.4, -0.2) is 0 Å². The molecule has 94 valence electrons. The fourth-order valence-electron chi connectivity index (χ4n) is 2.74. The van der Waals surface area contributed by atoms with Crippen molar-refractivity contribution < 1.29 is 8.78 Å². The summed E-state index contributed by atoms with van der Waals surface area (Å²) >= 11 is 0. The Balaban J connectivity index is 1.89. The first-order valence-corrected chi connectivity index (χ1v) is 6.59. The summed E-state index contributed by atoms with van der Waals surface area (Å²) in [7, 11) is 0. The minimum atomic E-state index is -0.394. The van der Waals surface area contributed by atoms with Crippen molar-refractivity contribution in [1.29, 1.82) is 0 Å². The zero-order valence-corrected chi connectivity index (χ0v) is 10.4. The van der Waals surface area contributed by atoms with Crippen LogP contribution >= 0.6 is 0 Å². The Morgan fingerprint density at radius 1 is 1.06 bits per heavy atom. The summed E-state index contributed by atoms with van der Waals surface area (Å²) in [5.41, 5.74) is 0.270. The van der Waals surface area contributed by atoms with Crippen LogP contribution in [0.25, 0.3) is 0 Å². The molecule has 2 rings (SSSR count). The van der Waals surface area contributed by atoms with Gasteiger partial charge in [0.2, 0.25) is 0 Å². The van der Waals surface area contributed by atoms with Crippen LogP contribution < -0.4 is 0 Å². The molecule has 1 aromatic rings. The minimum absolute atomic E-state index is 0.270. The number of hydrogen-bond acceptors (Lipinski definition) is 0. The third-order valence-electron chi connectivity index (χ3n) is 4.00. The highest BCUT2D eigenvalue weighted by molar-refractivity contribution is 5.19. The third-order valence-corrected chi connectivity index (χ3v) is 4.00. The molecule has 0 N–H and O–H groups in total. The van der Waals surface area contributed by atoms with Crippen LogP contribution in [0.15, 0.2) is 18.2 Å². The Hall–Kier alpha value is -0.920. The van der Waals surface area contributed by atoms with E-state index in [-0.39, 0.29) is 5.56 Å².